The second-order valence-corrected chi connectivity index (χ2v) is 5.69. The van der Waals surface area contributed by atoms with Gasteiger partial charge in [0.15, 0.2) is 11.6 Å². The molecule has 0 aliphatic heterocycles. The van der Waals surface area contributed by atoms with E-state index in [1.165, 1.54) is 17.2 Å². The minimum Gasteiger partial charge on any atom is -0.322 e. The Balaban J connectivity index is 1.74. The summed E-state index contributed by atoms with van der Waals surface area (Å²) in [6.07, 6.45) is 1.97. The van der Waals surface area contributed by atoms with Crippen LogP contribution in [0.15, 0.2) is 48.5 Å². The summed E-state index contributed by atoms with van der Waals surface area (Å²) < 4.78 is 26.2. The molecule has 23 heavy (non-hydrogen) atoms. The second-order valence-electron chi connectivity index (χ2n) is 5.69. The van der Waals surface area contributed by atoms with E-state index >= 15 is 0 Å². The zero-order valence-electron chi connectivity index (χ0n) is 12.2. The molecule has 1 aliphatic rings. The highest BCUT2D eigenvalue weighted by atomic mass is 19.2. The molecule has 0 saturated carbocycles. The van der Waals surface area contributed by atoms with Gasteiger partial charge in [-0.3, -0.25) is 4.79 Å². The predicted molar refractivity (Wildman–Crippen MR) is 85.7 cm³/mol. The fourth-order valence-electron chi connectivity index (χ4n) is 3.22. The van der Waals surface area contributed by atoms with E-state index in [-0.39, 0.29) is 11.6 Å². The Kier molecular flexibility index (Phi) is 3.11. The number of halogens is 2. The van der Waals surface area contributed by atoms with Crippen molar-refractivity contribution in [1.29, 1.82) is 0 Å². The normalized spacial score (nSPS) is 12.6. The van der Waals surface area contributed by atoms with Gasteiger partial charge in [-0.1, -0.05) is 24.3 Å². The van der Waals surface area contributed by atoms with Crippen LogP contribution in [0.4, 0.5) is 14.5 Å². The van der Waals surface area contributed by atoms with Gasteiger partial charge in [-0.2, -0.15) is 0 Å². The summed E-state index contributed by atoms with van der Waals surface area (Å²) in [5, 5.41) is 4.68. The van der Waals surface area contributed by atoms with E-state index in [0.717, 1.165) is 35.7 Å². The van der Waals surface area contributed by atoms with E-state index < -0.39 is 11.6 Å². The fourth-order valence-corrected chi connectivity index (χ4v) is 3.22. The summed E-state index contributed by atoms with van der Waals surface area (Å²) in [5.41, 5.74) is 3.27. The van der Waals surface area contributed by atoms with E-state index in [1.54, 1.807) is 6.07 Å². The Morgan fingerprint density at radius 1 is 0.913 bits per heavy atom. The maximum absolute atomic E-state index is 13.3. The van der Waals surface area contributed by atoms with Crippen molar-refractivity contribution >= 4 is 22.4 Å². The van der Waals surface area contributed by atoms with Crippen LogP contribution in [0, 0.1) is 11.6 Å². The van der Waals surface area contributed by atoms with Gasteiger partial charge in [-0.25, -0.2) is 8.78 Å². The van der Waals surface area contributed by atoms with E-state index in [1.807, 2.05) is 18.2 Å². The van der Waals surface area contributed by atoms with Crippen LogP contribution in [0.1, 0.15) is 21.5 Å². The zero-order chi connectivity index (χ0) is 16.0. The van der Waals surface area contributed by atoms with Crippen molar-refractivity contribution < 1.29 is 13.6 Å². The molecule has 2 nitrogen and oxygen atoms in total. The lowest BCUT2D eigenvalue weighted by Gasteiger charge is -2.10. The second kappa shape index (κ2) is 5.16. The number of hydrogen-bond donors (Lipinski definition) is 1. The summed E-state index contributed by atoms with van der Waals surface area (Å²) in [5.74, 6) is -2.25. The number of carbonyl (C=O) groups excluding carboxylic acids is 1. The topological polar surface area (TPSA) is 29.1 Å². The molecule has 114 valence electrons. The Morgan fingerprint density at radius 3 is 2.48 bits per heavy atom. The molecule has 0 fully saturated rings. The molecule has 0 atom stereocenters. The number of nitrogens with one attached hydrogen (secondary N) is 1. The largest absolute Gasteiger partial charge is 0.322 e. The fraction of sp³-hybridized carbons (Fsp3) is 0.105. The van der Waals surface area contributed by atoms with E-state index in [9.17, 15) is 13.6 Å². The molecule has 0 saturated heterocycles. The first-order valence-corrected chi connectivity index (χ1v) is 7.43. The molecule has 1 N–H and O–H groups in total. The first kappa shape index (κ1) is 13.9. The third-order valence-electron chi connectivity index (χ3n) is 4.30. The van der Waals surface area contributed by atoms with Crippen LogP contribution in [0.5, 0.6) is 0 Å². The van der Waals surface area contributed by atoms with Gasteiger partial charge in [-0.15, -0.1) is 0 Å². The summed E-state index contributed by atoms with van der Waals surface area (Å²) in [6.45, 7) is 0. The first-order chi connectivity index (χ1) is 11.1. The van der Waals surface area contributed by atoms with Crippen LogP contribution < -0.4 is 5.32 Å². The van der Waals surface area contributed by atoms with Gasteiger partial charge in [-0.05, 0) is 52.9 Å². The van der Waals surface area contributed by atoms with Gasteiger partial charge in [0.05, 0.1) is 0 Å². The summed E-state index contributed by atoms with van der Waals surface area (Å²) in [7, 11) is 0. The van der Waals surface area contributed by atoms with Crippen LogP contribution in [-0.2, 0) is 12.8 Å². The lowest BCUT2D eigenvalue weighted by Crippen LogP contribution is -2.13. The Morgan fingerprint density at radius 2 is 1.70 bits per heavy atom. The number of hydrogen-bond acceptors (Lipinski definition) is 1. The van der Waals surface area contributed by atoms with Crippen LogP contribution in [0.25, 0.3) is 10.8 Å². The highest BCUT2D eigenvalue weighted by molar-refractivity contribution is 6.14. The highest BCUT2D eigenvalue weighted by Gasteiger charge is 2.19. The van der Waals surface area contributed by atoms with Crippen LogP contribution in [0.2, 0.25) is 0 Å². The van der Waals surface area contributed by atoms with Crippen LogP contribution >= 0.6 is 0 Å². The average molecular weight is 309 g/mol. The highest BCUT2D eigenvalue weighted by Crippen LogP contribution is 2.33. The maximum Gasteiger partial charge on any atom is 0.256 e. The van der Waals surface area contributed by atoms with E-state index in [2.05, 4.69) is 11.4 Å². The molecule has 0 heterocycles. The average Bonchev–Trinajstić information content (AvgIpc) is 2.97. The van der Waals surface area contributed by atoms with Crippen molar-refractivity contribution in [1.82, 2.24) is 0 Å². The molecule has 0 bridgehead atoms. The molecule has 1 amide bonds. The van der Waals surface area contributed by atoms with Crippen molar-refractivity contribution in [2.45, 2.75) is 12.8 Å². The Labute approximate surface area is 131 Å². The molecular weight excluding hydrogens is 296 g/mol. The van der Waals surface area contributed by atoms with Crippen LogP contribution in [0.3, 0.4) is 0 Å². The number of amides is 1. The number of aryl methyl sites for hydroxylation is 2. The van der Waals surface area contributed by atoms with E-state index in [0.29, 0.717) is 5.56 Å². The van der Waals surface area contributed by atoms with Crippen molar-refractivity contribution in [3.05, 3.63) is 76.9 Å². The molecule has 3 aromatic carbocycles. The first-order valence-electron chi connectivity index (χ1n) is 7.43. The Hall–Kier alpha value is -2.75. The van der Waals surface area contributed by atoms with Crippen molar-refractivity contribution in [2.75, 3.05) is 5.32 Å². The minimum atomic E-state index is -0.983. The quantitative estimate of drug-likeness (QED) is 0.743. The molecular formula is C19H13F2NO. The Bertz CT molecular complexity index is 939. The standard InChI is InChI=1S/C19H13F2NO/c20-16-9-7-13(10-17(16)21)22-19(23)15-8-6-12-5-4-11-2-1-3-14(15)18(11)12/h1-3,6-10H,4-5H2,(H,22,23). The van der Waals surface area contributed by atoms with E-state index in [4.69, 9.17) is 0 Å². The van der Waals surface area contributed by atoms with Crippen molar-refractivity contribution in [3.63, 3.8) is 0 Å². The van der Waals surface area contributed by atoms with Gasteiger partial charge in [0.2, 0.25) is 0 Å². The number of benzene rings is 3. The maximum atomic E-state index is 13.3. The smallest absolute Gasteiger partial charge is 0.256 e. The van der Waals surface area contributed by atoms with Gasteiger partial charge in [0.1, 0.15) is 0 Å². The SMILES string of the molecule is O=C(Nc1ccc(F)c(F)c1)c1ccc2c3c(cccc13)CC2. The van der Waals surface area contributed by atoms with Gasteiger partial charge in [0, 0.05) is 17.3 Å². The number of anilines is 1. The van der Waals surface area contributed by atoms with Crippen LogP contribution in [-0.4, -0.2) is 5.91 Å². The zero-order valence-corrected chi connectivity index (χ0v) is 12.2. The minimum absolute atomic E-state index is 0.233. The van der Waals surface area contributed by atoms with Gasteiger partial charge >= 0.3 is 0 Å². The summed E-state index contributed by atoms with van der Waals surface area (Å²) in [4.78, 5) is 12.5. The van der Waals surface area contributed by atoms with Crippen molar-refractivity contribution in [3.8, 4) is 0 Å². The summed E-state index contributed by atoms with van der Waals surface area (Å²) >= 11 is 0. The third kappa shape index (κ3) is 2.27. The lowest BCUT2D eigenvalue weighted by molar-refractivity contribution is 0.102. The molecule has 0 unspecified atom stereocenters. The molecule has 0 spiro atoms. The molecule has 3 aromatic rings. The van der Waals surface area contributed by atoms with Gasteiger partial charge in [0.25, 0.3) is 5.91 Å². The molecule has 0 aromatic heterocycles. The monoisotopic (exact) mass is 309 g/mol. The molecule has 4 heteroatoms. The lowest BCUT2D eigenvalue weighted by atomic mass is 9.99. The summed E-state index contributed by atoms with van der Waals surface area (Å²) in [6, 6.07) is 13.0. The van der Waals surface area contributed by atoms with Crippen molar-refractivity contribution in [2.24, 2.45) is 0 Å². The predicted octanol–water partition coefficient (Wildman–Crippen LogP) is 4.47. The molecule has 1 aliphatic carbocycles. The number of carbonyl (C=O) groups is 1. The van der Waals surface area contributed by atoms with Gasteiger partial charge < -0.3 is 5.32 Å². The molecule has 0 radical (unpaired) electrons. The third-order valence-corrected chi connectivity index (χ3v) is 4.30. The molecule has 4 rings (SSSR count). The number of rotatable bonds is 2.